The van der Waals surface area contributed by atoms with E-state index in [0.717, 1.165) is 18.8 Å². The summed E-state index contributed by atoms with van der Waals surface area (Å²) in [6.45, 7) is 8.10. The SMILES string of the molecule is C=CC(O)CCCCCC(C)CC. The van der Waals surface area contributed by atoms with Gasteiger partial charge in [-0.1, -0.05) is 52.0 Å². The largest absolute Gasteiger partial charge is 0.389 e. The lowest BCUT2D eigenvalue weighted by Gasteiger charge is -2.08. The van der Waals surface area contributed by atoms with Crippen molar-refractivity contribution >= 4 is 0 Å². The molecule has 0 spiro atoms. The first-order valence-corrected chi connectivity index (χ1v) is 5.51. The summed E-state index contributed by atoms with van der Waals surface area (Å²) in [6, 6.07) is 0. The molecule has 0 saturated carbocycles. The Labute approximate surface area is 82.9 Å². The summed E-state index contributed by atoms with van der Waals surface area (Å²) in [5, 5.41) is 9.19. The minimum absolute atomic E-state index is 0.288. The van der Waals surface area contributed by atoms with E-state index in [4.69, 9.17) is 0 Å². The molecule has 0 aromatic rings. The van der Waals surface area contributed by atoms with Crippen molar-refractivity contribution in [1.29, 1.82) is 0 Å². The molecule has 0 aliphatic rings. The van der Waals surface area contributed by atoms with E-state index in [1.807, 2.05) is 0 Å². The molecule has 0 saturated heterocycles. The standard InChI is InChI=1S/C12H24O/c1-4-11(3)9-7-6-8-10-12(13)5-2/h5,11-13H,2,4,6-10H2,1,3H3. The number of hydrogen-bond donors (Lipinski definition) is 1. The molecule has 0 aliphatic heterocycles. The van der Waals surface area contributed by atoms with Crippen molar-refractivity contribution in [2.24, 2.45) is 5.92 Å². The highest BCUT2D eigenvalue weighted by Gasteiger charge is 2.00. The Kier molecular flexibility index (Phi) is 8.11. The normalized spacial score (nSPS) is 15.3. The Bertz CT molecular complexity index is 120. The van der Waals surface area contributed by atoms with E-state index in [1.165, 1.54) is 25.7 Å². The average molecular weight is 184 g/mol. The van der Waals surface area contributed by atoms with Gasteiger partial charge in [-0.15, -0.1) is 6.58 Å². The second kappa shape index (κ2) is 8.31. The van der Waals surface area contributed by atoms with Crippen molar-refractivity contribution in [3.8, 4) is 0 Å². The minimum Gasteiger partial charge on any atom is -0.389 e. The molecule has 0 bridgehead atoms. The van der Waals surface area contributed by atoms with E-state index >= 15 is 0 Å². The molecule has 0 heterocycles. The number of hydrogen-bond acceptors (Lipinski definition) is 1. The van der Waals surface area contributed by atoms with Gasteiger partial charge in [-0.25, -0.2) is 0 Å². The van der Waals surface area contributed by atoms with Crippen LogP contribution in [0.5, 0.6) is 0 Å². The van der Waals surface area contributed by atoms with Crippen LogP contribution in [-0.4, -0.2) is 11.2 Å². The molecule has 13 heavy (non-hydrogen) atoms. The van der Waals surface area contributed by atoms with Gasteiger partial charge in [0.15, 0.2) is 0 Å². The molecule has 2 atom stereocenters. The number of aliphatic hydroxyl groups excluding tert-OH is 1. The number of unbranched alkanes of at least 4 members (excludes halogenated alkanes) is 2. The third-order valence-corrected chi connectivity index (χ3v) is 2.67. The quantitative estimate of drug-likeness (QED) is 0.452. The van der Waals surface area contributed by atoms with Gasteiger partial charge in [0.25, 0.3) is 0 Å². The molecule has 2 unspecified atom stereocenters. The zero-order chi connectivity index (χ0) is 10.1. The van der Waals surface area contributed by atoms with Crippen LogP contribution >= 0.6 is 0 Å². The highest BCUT2D eigenvalue weighted by molar-refractivity contribution is 4.77. The average Bonchev–Trinajstić information content (AvgIpc) is 2.16. The van der Waals surface area contributed by atoms with Crippen LogP contribution in [0.2, 0.25) is 0 Å². The molecule has 78 valence electrons. The van der Waals surface area contributed by atoms with Crippen molar-refractivity contribution in [2.45, 2.75) is 58.5 Å². The zero-order valence-electron chi connectivity index (χ0n) is 9.13. The topological polar surface area (TPSA) is 20.2 Å². The van der Waals surface area contributed by atoms with Gasteiger partial charge in [0, 0.05) is 0 Å². The van der Waals surface area contributed by atoms with E-state index in [9.17, 15) is 5.11 Å². The van der Waals surface area contributed by atoms with E-state index < -0.39 is 0 Å². The van der Waals surface area contributed by atoms with Gasteiger partial charge in [0.1, 0.15) is 0 Å². The molecular formula is C12H24O. The van der Waals surface area contributed by atoms with E-state index in [0.29, 0.717) is 0 Å². The minimum atomic E-state index is -0.288. The first kappa shape index (κ1) is 12.7. The van der Waals surface area contributed by atoms with Crippen molar-refractivity contribution in [1.82, 2.24) is 0 Å². The molecule has 0 aromatic carbocycles. The van der Waals surface area contributed by atoms with E-state index in [2.05, 4.69) is 20.4 Å². The molecule has 0 aliphatic carbocycles. The third kappa shape index (κ3) is 8.04. The van der Waals surface area contributed by atoms with Crippen LogP contribution in [0.4, 0.5) is 0 Å². The lowest BCUT2D eigenvalue weighted by atomic mass is 10.00. The van der Waals surface area contributed by atoms with Crippen molar-refractivity contribution in [3.63, 3.8) is 0 Å². The maximum atomic E-state index is 9.19. The van der Waals surface area contributed by atoms with Gasteiger partial charge in [-0.3, -0.25) is 0 Å². The van der Waals surface area contributed by atoms with Crippen LogP contribution in [-0.2, 0) is 0 Å². The first-order valence-electron chi connectivity index (χ1n) is 5.51. The Hall–Kier alpha value is -0.300. The lowest BCUT2D eigenvalue weighted by Crippen LogP contribution is -2.00. The van der Waals surface area contributed by atoms with E-state index in [-0.39, 0.29) is 6.10 Å². The highest BCUT2D eigenvalue weighted by atomic mass is 16.3. The predicted molar refractivity (Wildman–Crippen MR) is 58.7 cm³/mol. The molecule has 1 nitrogen and oxygen atoms in total. The molecular weight excluding hydrogens is 160 g/mol. The van der Waals surface area contributed by atoms with Crippen LogP contribution in [0.15, 0.2) is 12.7 Å². The highest BCUT2D eigenvalue weighted by Crippen LogP contribution is 2.13. The molecule has 0 rings (SSSR count). The lowest BCUT2D eigenvalue weighted by molar-refractivity contribution is 0.208. The van der Waals surface area contributed by atoms with Crippen molar-refractivity contribution in [2.75, 3.05) is 0 Å². The third-order valence-electron chi connectivity index (χ3n) is 2.67. The maximum Gasteiger partial charge on any atom is 0.0718 e. The summed E-state index contributed by atoms with van der Waals surface area (Å²) in [6.07, 6.45) is 8.51. The van der Waals surface area contributed by atoms with Crippen LogP contribution in [0.1, 0.15) is 52.4 Å². The molecule has 1 heteroatoms. The van der Waals surface area contributed by atoms with Gasteiger partial charge >= 0.3 is 0 Å². The van der Waals surface area contributed by atoms with Gasteiger partial charge in [-0.2, -0.15) is 0 Å². The Morgan fingerprint density at radius 1 is 1.23 bits per heavy atom. The van der Waals surface area contributed by atoms with Gasteiger partial charge in [0.05, 0.1) is 6.10 Å². The second-order valence-electron chi connectivity index (χ2n) is 3.95. The number of aliphatic hydroxyl groups is 1. The van der Waals surface area contributed by atoms with Crippen LogP contribution in [0, 0.1) is 5.92 Å². The van der Waals surface area contributed by atoms with Gasteiger partial charge in [-0.05, 0) is 12.3 Å². The molecule has 0 radical (unpaired) electrons. The molecule has 1 N–H and O–H groups in total. The van der Waals surface area contributed by atoms with Crippen LogP contribution in [0.3, 0.4) is 0 Å². The summed E-state index contributed by atoms with van der Waals surface area (Å²) in [5.74, 6) is 0.865. The summed E-state index contributed by atoms with van der Waals surface area (Å²) < 4.78 is 0. The van der Waals surface area contributed by atoms with E-state index in [1.54, 1.807) is 6.08 Å². The first-order chi connectivity index (χ1) is 6.20. The van der Waals surface area contributed by atoms with Crippen LogP contribution in [0.25, 0.3) is 0 Å². The van der Waals surface area contributed by atoms with Crippen molar-refractivity contribution < 1.29 is 5.11 Å². The Morgan fingerprint density at radius 3 is 2.38 bits per heavy atom. The second-order valence-corrected chi connectivity index (χ2v) is 3.95. The smallest absolute Gasteiger partial charge is 0.0718 e. The molecule has 0 amide bonds. The molecule has 0 fully saturated rings. The summed E-state index contributed by atoms with van der Waals surface area (Å²) in [7, 11) is 0. The monoisotopic (exact) mass is 184 g/mol. The fourth-order valence-electron chi connectivity index (χ4n) is 1.35. The predicted octanol–water partition coefficient (Wildman–Crippen LogP) is 3.53. The Morgan fingerprint density at radius 2 is 1.85 bits per heavy atom. The summed E-state index contributed by atoms with van der Waals surface area (Å²) in [5.41, 5.74) is 0. The molecule has 0 aromatic heterocycles. The maximum absolute atomic E-state index is 9.19. The summed E-state index contributed by atoms with van der Waals surface area (Å²) >= 11 is 0. The van der Waals surface area contributed by atoms with Crippen molar-refractivity contribution in [3.05, 3.63) is 12.7 Å². The zero-order valence-corrected chi connectivity index (χ0v) is 9.13. The fraction of sp³-hybridized carbons (Fsp3) is 0.833. The number of rotatable bonds is 8. The van der Waals surface area contributed by atoms with Crippen LogP contribution < -0.4 is 0 Å². The summed E-state index contributed by atoms with van der Waals surface area (Å²) in [4.78, 5) is 0. The van der Waals surface area contributed by atoms with Gasteiger partial charge < -0.3 is 5.11 Å². The van der Waals surface area contributed by atoms with Gasteiger partial charge in [0.2, 0.25) is 0 Å². The Balaban J connectivity index is 3.12. The fourth-order valence-corrected chi connectivity index (χ4v) is 1.35.